The van der Waals surface area contributed by atoms with Crippen LogP contribution in [0.3, 0.4) is 0 Å². The Morgan fingerprint density at radius 1 is 0.824 bits per heavy atom. The number of fused-ring (bicyclic) bond motifs is 2. The third kappa shape index (κ3) is 9.25. The van der Waals surface area contributed by atoms with E-state index < -0.39 is 46.8 Å². The first-order chi connectivity index (χ1) is 32.6. The van der Waals surface area contributed by atoms with E-state index in [4.69, 9.17) is 0 Å². The molecule has 4 atom stereocenters. The van der Waals surface area contributed by atoms with Gasteiger partial charge in [-0.25, -0.2) is 18.7 Å². The number of amides is 5. The number of likely N-dealkylation sites (tertiary alicyclic amines) is 1. The molecule has 16 nitrogen and oxygen atoms in total. The van der Waals surface area contributed by atoms with Crippen molar-refractivity contribution in [3.63, 3.8) is 0 Å². The van der Waals surface area contributed by atoms with Crippen LogP contribution in [0, 0.1) is 28.9 Å². The molecule has 0 radical (unpaired) electrons. The molecule has 5 saturated heterocycles. The third-order valence-electron chi connectivity index (χ3n) is 16.1. The van der Waals surface area contributed by atoms with Crippen LogP contribution in [0.4, 0.5) is 31.8 Å². The van der Waals surface area contributed by atoms with E-state index in [-0.39, 0.29) is 36.4 Å². The van der Waals surface area contributed by atoms with Crippen molar-refractivity contribution in [2.45, 2.75) is 95.8 Å². The van der Waals surface area contributed by atoms with Crippen molar-refractivity contribution in [2.24, 2.45) is 17.3 Å². The maximum Gasteiger partial charge on any atom is 0.262 e. The minimum Gasteiger partial charge on any atom is -0.371 e. The second kappa shape index (κ2) is 18.3. The summed E-state index contributed by atoms with van der Waals surface area (Å²) in [4.78, 5) is 84.8. The van der Waals surface area contributed by atoms with Gasteiger partial charge in [0.2, 0.25) is 17.7 Å². The standard InChI is InChI=1S/C50H63F2N11O5/c1-49(2)9-15-59(16-10-49)25-33-21-39(52)41(23-38(33)51)62-28-45(65)57-50(29-62)11-17-60(18-12-50)43-24-42(54-30-55-43)53-13-4-14-58(3)35-19-31-26-61(27-32(31)20-35)34-5-6-36-37(22-34)48(68)63(47(36)67)40-7-8-44(64)56-46(40)66/h5-6,21-24,30-32,35,40H,4,7-20,25-29H2,1-3H3,(H,57,65)(H,53,54,55)(H,56,64,66)/t31-,32+,35-,40?. The highest BCUT2D eigenvalue weighted by atomic mass is 19.1. The molecule has 0 bridgehead atoms. The van der Waals surface area contributed by atoms with Gasteiger partial charge < -0.3 is 30.2 Å². The van der Waals surface area contributed by atoms with E-state index in [1.54, 1.807) is 23.4 Å². The van der Waals surface area contributed by atoms with Gasteiger partial charge in [-0.2, -0.15) is 0 Å². The fraction of sp³-hybridized carbons (Fsp3) is 0.580. The van der Waals surface area contributed by atoms with Gasteiger partial charge in [0.1, 0.15) is 35.6 Å². The average molecular weight is 936 g/mol. The maximum absolute atomic E-state index is 15.7. The van der Waals surface area contributed by atoms with E-state index in [1.165, 1.54) is 12.1 Å². The maximum atomic E-state index is 15.7. The second-order valence-electron chi connectivity index (χ2n) is 21.3. The van der Waals surface area contributed by atoms with E-state index in [0.717, 1.165) is 93.6 Å². The molecule has 362 valence electrons. The molecule has 7 heterocycles. The zero-order valence-corrected chi connectivity index (χ0v) is 39.4. The van der Waals surface area contributed by atoms with Crippen LogP contribution < -0.4 is 30.7 Å². The Labute approximate surface area is 396 Å². The number of nitrogens with one attached hydrogen (secondary N) is 3. The van der Waals surface area contributed by atoms with Gasteiger partial charge in [0.15, 0.2) is 0 Å². The molecule has 2 aromatic carbocycles. The summed E-state index contributed by atoms with van der Waals surface area (Å²) in [6.07, 6.45) is 8.21. The Balaban J connectivity index is 0.667. The molecular weight excluding hydrogens is 873 g/mol. The van der Waals surface area contributed by atoms with Gasteiger partial charge in [0, 0.05) is 81.7 Å². The van der Waals surface area contributed by atoms with Gasteiger partial charge in [0.05, 0.1) is 28.9 Å². The first kappa shape index (κ1) is 46.0. The van der Waals surface area contributed by atoms with Crippen molar-refractivity contribution >= 4 is 52.5 Å². The van der Waals surface area contributed by atoms with Crippen LogP contribution in [-0.4, -0.2) is 144 Å². The van der Waals surface area contributed by atoms with Crippen LogP contribution in [0.5, 0.6) is 0 Å². The highest BCUT2D eigenvalue weighted by molar-refractivity contribution is 6.23. The molecule has 18 heteroatoms. The normalized spacial score (nSPS) is 25.9. The third-order valence-corrected chi connectivity index (χ3v) is 16.1. The van der Waals surface area contributed by atoms with Crippen molar-refractivity contribution in [3.8, 4) is 0 Å². The fourth-order valence-corrected chi connectivity index (χ4v) is 11.9. The number of imide groups is 2. The largest absolute Gasteiger partial charge is 0.371 e. The molecule has 1 aromatic heterocycles. The van der Waals surface area contributed by atoms with Crippen LogP contribution in [0.15, 0.2) is 42.7 Å². The molecular formula is C50H63F2N11O5. The lowest BCUT2D eigenvalue weighted by molar-refractivity contribution is -0.136. The number of hydrogen-bond acceptors (Lipinski definition) is 13. The minimum absolute atomic E-state index is 0.0234. The van der Waals surface area contributed by atoms with Crippen LogP contribution in [0.25, 0.3) is 0 Å². The summed E-state index contributed by atoms with van der Waals surface area (Å²) in [5.41, 5.74) is 1.70. The fourth-order valence-electron chi connectivity index (χ4n) is 11.9. The molecule has 3 aromatic rings. The monoisotopic (exact) mass is 935 g/mol. The first-order valence-electron chi connectivity index (χ1n) is 24.5. The number of anilines is 4. The summed E-state index contributed by atoms with van der Waals surface area (Å²) in [6, 6.07) is 9.44. The summed E-state index contributed by atoms with van der Waals surface area (Å²) in [7, 11) is 2.20. The molecule has 68 heavy (non-hydrogen) atoms. The van der Waals surface area contributed by atoms with Crippen LogP contribution in [-0.2, 0) is 20.9 Å². The lowest BCUT2D eigenvalue weighted by Crippen LogP contribution is -2.66. The Hall–Kier alpha value is -5.75. The van der Waals surface area contributed by atoms with E-state index in [9.17, 15) is 24.0 Å². The predicted molar refractivity (Wildman–Crippen MR) is 252 cm³/mol. The van der Waals surface area contributed by atoms with Gasteiger partial charge in [-0.05, 0) is 120 Å². The second-order valence-corrected chi connectivity index (χ2v) is 21.3. The highest BCUT2D eigenvalue weighted by Gasteiger charge is 2.47. The number of rotatable bonds is 12. The van der Waals surface area contributed by atoms with Crippen molar-refractivity contribution in [2.75, 3.05) is 92.5 Å². The molecule has 3 N–H and O–H groups in total. The lowest BCUT2D eigenvalue weighted by Gasteiger charge is -2.48. The number of hydrogen-bond donors (Lipinski definition) is 3. The van der Waals surface area contributed by atoms with Gasteiger partial charge in [-0.3, -0.25) is 39.1 Å². The SMILES string of the molecule is CN(CCCNc1cc(N2CCC3(CC2)CN(c2cc(F)c(CN4CCC(C)(C)CC4)cc2F)CC(=O)N3)ncn1)[C@@H]1C[C@@H]2CN(c3ccc4c(c3)C(=O)N(C3CCC(=O)NC3=O)C4=O)C[C@@H]2C1. The smallest absolute Gasteiger partial charge is 0.262 e. The highest BCUT2D eigenvalue weighted by Crippen LogP contribution is 2.43. The number of carbonyl (C=O) groups is 5. The topological polar surface area (TPSA) is 167 Å². The van der Waals surface area contributed by atoms with Crippen LogP contribution in [0.2, 0.25) is 0 Å². The van der Waals surface area contributed by atoms with Crippen molar-refractivity contribution in [1.82, 2.24) is 35.3 Å². The summed E-state index contributed by atoms with van der Waals surface area (Å²) in [5, 5.41) is 8.94. The van der Waals surface area contributed by atoms with E-state index >= 15 is 8.78 Å². The minimum atomic E-state index is -0.980. The van der Waals surface area contributed by atoms with Crippen molar-refractivity contribution in [3.05, 3.63) is 71.1 Å². The predicted octanol–water partition coefficient (Wildman–Crippen LogP) is 4.40. The molecule has 1 spiro atoms. The van der Waals surface area contributed by atoms with Gasteiger partial charge in [-0.1, -0.05) is 13.8 Å². The average Bonchev–Trinajstić information content (AvgIpc) is 3.97. The van der Waals surface area contributed by atoms with Crippen molar-refractivity contribution < 1.29 is 32.8 Å². The Kier molecular flexibility index (Phi) is 12.4. The molecule has 1 saturated carbocycles. The number of piperidine rings is 3. The summed E-state index contributed by atoms with van der Waals surface area (Å²) in [5.74, 6) is -0.513. The van der Waals surface area contributed by atoms with E-state index in [2.05, 4.69) is 66.4 Å². The number of piperazine rings is 1. The zero-order valence-electron chi connectivity index (χ0n) is 39.4. The van der Waals surface area contributed by atoms with E-state index in [0.29, 0.717) is 73.6 Å². The quantitative estimate of drug-likeness (QED) is 0.173. The Morgan fingerprint density at radius 3 is 2.29 bits per heavy atom. The molecule has 5 amide bonds. The number of aromatic nitrogens is 2. The Morgan fingerprint density at radius 2 is 1.56 bits per heavy atom. The molecule has 10 rings (SSSR count). The summed E-state index contributed by atoms with van der Waals surface area (Å²) < 4.78 is 31.2. The molecule has 6 fully saturated rings. The van der Waals surface area contributed by atoms with Crippen LogP contribution in [0.1, 0.15) is 97.9 Å². The molecule has 1 unspecified atom stereocenters. The van der Waals surface area contributed by atoms with E-state index in [1.807, 2.05) is 12.1 Å². The first-order valence-corrected chi connectivity index (χ1v) is 24.5. The molecule has 6 aliphatic heterocycles. The van der Waals surface area contributed by atoms with Gasteiger partial charge in [-0.15, -0.1) is 0 Å². The summed E-state index contributed by atoms with van der Waals surface area (Å²) >= 11 is 0. The lowest BCUT2D eigenvalue weighted by atomic mass is 9.82. The molecule has 7 aliphatic rings. The van der Waals surface area contributed by atoms with Crippen LogP contribution >= 0.6 is 0 Å². The van der Waals surface area contributed by atoms with Gasteiger partial charge >= 0.3 is 0 Å². The number of halogens is 2. The zero-order chi connectivity index (χ0) is 47.5. The molecule has 1 aliphatic carbocycles. The van der Waals surface area contributed by atoms with Gasteiger partial charge in [0.25, 0.3) is 11.8 Å². The Bertz CT molecular complexity index is 2470. The van der Waals surface area contributed by atoms with Crippen molar-refractivity contribution in [1.29, 1.82) is 0 Å². The summed E-state index contributed by atoms with van der Waals surface area (Å²) in [6.45, 7) is 11.7. The number of benzene rings is 2. The number of carbonyl (C=O) groups excluding carboxylic acids is 5. The number of nitrogens with zero attached hydrogens (tertiary/aromatic N) is 8.